The lowest BCUT2D eigenvalue weighted by Crippen LogP contribution is -2.16. The molecule has 94 valence electrons. The van der Waals surface area contributed by atoms with Crippen LogP contribution in [0.15, 0.2) is 48.5 Å². The highest BCUT2D eigenvalue weighted by molar-refractivity contribution is 9.10. The van der Waals surface area contributed by atoms with Gasteiger partial charge in [0.15, 0.2) is 7.14 Å². The molecule has 0 bridgehead atoms. The molecule has 5 heteroatoms. The maximum Gasteiger partial charge on any atom is 0.153 e. The van der Waals surface area contributed by atoms with Gasteiger partial charge in [0, 0.05) is 20.7 Å². The first-order valence-electron chi connectivity index (χ1n) is 5.23. The molecule has 0 radical (unpaired) electrons. The van der Waals surface area contributed by atoms with Gasteiger partial charge >= 0.3 is 0 Å². The minimum atomic E-state index is -2.65. The van der Waals surface area contributed by atoms with Crippen molar-refractivity contribution >= 4 is 56.9 Å². The third kappa shape index (κ3) is 2.83. The molecule has 2 aromatic carbocycles. The summed E-state index contributed by atoms with van der Waals surface area (Å²) in [4.78, 5) is 0. The first-order chi connectivity index (χ1) is 8.56. The van der Waals surface area contributed by atoms with Gasteiger partial charge in [-0.05, 0) is 48.5 Å². The van der Waals surface area contributed by atoms with E-state index in [4.69, 9.17) is 23.2 Å². The van der Waals surface area contributed by atoms with E-state index in [0.717, 1.165) is 10.6 Å². The smallest absolute Gasteiger partial charge is 0.153 e. The molecule has 0 saturated heterocycles. The van der Waals surface area contributed by atoms with E-state index in [1.807, 2.05) is 0 Å². The molecule has 0 saturated carbocycles. The molecule has 0 heterocycles. The van der Waals surface area contributed by atoms with Crippen LogP contribution in [0, 0.1) is 0 Å². The fourth-order valence-electron chi connectivity index (χ4n) is 1.65. The maximum absolute atomic E-state index is 13.1. The van der Waals surface area contributed by atoms with Crippen molar-refractivity contribution in [2.75, 3.05) is 5.07 Å². The zero-order valence-electron chi connectivity index (χ0n) is 9.32. The molecular weight excluding hydrogens is 354 g/mol. The Bertz CT molecular complexity index is 531. The van der Waals surface area contributed by atoms with Crippen LogP contribution < -0.4 is 10.6 Å². The molecule has 18 heavy (non-hydrogen) atoms. The summed E-state index contributed by atoms with van der Waals surface area (Å²) in [5.74, 6) is 0. The second-order valence-electron chi connectivity index (χ2n) is 3.81. The molecule has 2 aromatic rings. The summed E-state index contributed by atoms with van der Waals surface area (Å²) in [6.07, 6.45) is 0. The van der Waals surface area contributed by atoms with Gasteiger partial charge in [0.1, 0.15) is 0 Å². The fraction of sp³-hybridized carbons (Fsp3) is 0.0769. The van der Waals surface area contributed by atoms with E-state index in [-0.39, 0.29) is 0 Å². The van der Waals surface area contributed by atoms with Crippen molar-refractivity contribution in [1.29, 1.82) is 0 Å². The minimum Gasteiger partial charge on any atom is -0.313 e. The lowest BCUT2D eigenvalue weighted by Gasteiger charge is -2.16. The van der Waals surface area contributed by atoms with Gasteiger partial charge in [-0.25, -0.2) is 0 Å². The highest BCUT2D eigenvalue weighted by Crippen LogP contribution is 2.45. The second kappa shape index (κ2) is 5.79. The minimum absolute atomic E-state index is 0.392. The number of rotatable bonds is 3. The zero-order valence-corrected chi connectivity index (χ0v) is 13.3. The normalized spacial score (nSPS) is 11.5. The van der Waals surface area contributed by atoms with E-state index in [9.17, 15) is 4.57 Å². The van der Waals surface area contributed by atoms with Crippen molar-refractivity contribution in [3.8, 4) is 0 Å². The van der Waals surface area contributed by atoms with Crippen molar-refractivity contribution in [1.82, 2.24) is 0 Å². The standard InChI is InChI=1S/C13H10BrCl2OP/c14-9-18(17,12-5-1-10(15)2-6-12)13-7-3-11(16)4-8-13/h1-8H,9H2. The lowest BCUT2D eigenvalue weighted by atomic mass is 10.4. The summed E-state index contributed by atoms with van der Waals surface area (Å²) in [5.41, 5.74) is 0. The monoisotopic (exact) mass is 362 g/mol. The summed E-state index contributed by atoms with van der Waals surface area (Å²) < 4.78 is 13.1. The average Bonchev–Trinajstić information content (AvgIpc) is 2.39. The van der Waals surface area contributed by atoms with Crippen LogP contribution in [0.2, 0.25) is 10.0 Å². The molecule has 0 atom stereocenters. The molecule has 0 aliphatic carbocycles. The van der Waals surface area contributed by atoms with Crippen molar-refractivity contribution in [3.05, 3.63) is 58.6 Å². The molecule has 0 aromatic heterocycles. The van der Waals surface area contributed by atoms with Crippen molar-refractivity contribution in [3.63, 3.8) is 0 Å². The summed E-state index contributed by atoms with van der Waals surface area (Å²) >= 11 is 15.1. The molecule has 0 unspecified atom stereocenters. The molecule has 0 aliphatic heterocycles. The Hall–Kier alpha value is -0.270. The second-order valence-corrected chi connectivity index (χ2v) is 8.94. The maximum atomic E-state index is 13.1. The molecule has 0 spiro atoms. The molecule has 0 N–H and O–H groups in total. The Balaban J connectivity index is 2.51. The molecule has 0 aliphatic rings. The number of halogens is 3. The summed E-state index contributed by atoms with van der Waals surface area (Å²) in [5, 5.41) is 3.23. The van der Waals surface area contributed by atoms with Crippen LogP contribution in [0.25, 0.3) is 0 Å². The predicted molar refractivity (Wildman–Crippen MR) is 83.6 cm³/mol. The largest absolute Gasteiger partial charge is 0.313 e. The number of alkyl halides is 1. The Labute approximate surface area is 125 Å². The molecule has 0 fully saturated rings. The van der Waals surface area contributed by atoms with Gasteiger partial charge in [0.25, 0.3) is 0 Å². The van der Waals surface area contributed by atoms with E-state index >= 15 is 0 Å². The van der Waals surface area contributed by atoms with E-state index < -0.39 is 7.14 Å². The number of hydrogen-bond donors (Lipinski definition) is 0. The van der Waals surface area contributed by atoms with Crippen LogP contribution in [0.4, 0.5) is 0 Å². The SMILES string of the molecule is O=P(CBr)(c1ccc(Cl)cc1)c1ccc(Cl)cc1. The lowest BCUT2D eigenvalue weighted by molar-refractivity contribution is 0.590. The molecule has 2 rings (SSSR count). The average molecular weight is 364 g/mol. The summed E-state index contributed by atoms with van der Waals surface area (Å²) in [6.45, 7) is 0. The third-order valence-electron chi connectivity index (χ3n) is 2.66. The van der Waals surface area contributed by atoms with Crippen LogP contribution in [0.1, 0.15) is 0 Å². The molecule has 1 nitrogen and oxygen atoms in total. The Morgan fingerprint density at radius 1 is 0.833 bits per heavy atom. The van der Waals surface area contributed by atoms with Gasteiger partial charge in [0.05, 0.1) is 5.07 Å². The van der Waals surface area contributed by atoms with Gasteiger partial charge in [-0.15, -0.1) is 0 Å². The van der Waals surface area contributed by atoms with Crippen LogP contribution in [0.5, 0.6) is 0 Å². The van der Waals surface area contributed by atoms with Crippen molar-refractivity contribution < 1.29 is 4.57 Å². The van der Waals surface area contributed by atoms with Crippen molar-refractivity contribution in [2.45, 2.75) is 0 Å². The van der Waals surface area contributed by atoms with Gasteiger partial charge in [-0.3, -0.25) is 0 Å². The first kappa shape index (κ1) is 14.1. The quantitative estimate of drug-likeness (QED) is 0.572. The molecular formula is C13H10BrCl2OP. The van der Waals surface area contributed by atoms with Crippen LogP contribution >= 0.6 is 46.3 Å². The Kier molecular flexibility index (Phi) is 4.55. The van der Waals surface area contributed by atoms with Crippen LogP contribution in [0.3, 0.4) is 0 Å². The van der Waals surface area contributed by atoms with E-state index in [0.29, 0.717) is 15.1 Å². The fourth-order valence-corrected chi connectivity index (χ4v) is 5.48. The van der Waals surface area contributed by atoms with Gasteiger partial charge < -0.3 is 4.57 Å². The Morgan fingerprint density at radius 2 is 1.17 bits per heavy atom. The van der Waals surface area contributed by atoms with E-state index in [2.05, 4.69) is 15.9 Å². The van der Waals surface area contributed by atoms with Gasteiger partial charge in [-0.1, -0.05) is 39.1 Å². The highest BCUT2D eigenvalue weighted by Gasteiger charge is 2.25. The first-order valence-corrected chi connectivity index (χ1v) is 9.00. The topological polar surface area (TPSA) is 17.1 Å². The number of benzene rings is 2. The molecule has 0 amide bonds. The zero-order chi connectivity index (χ0) is 13.2. The number of hydrogen-bond acceptors (Lipinski definition) is 1. The van der Waals surface area contributed by atoms with Crippen molar-refractivity contribution in [2.24, 2.45) is 0 Å². The van der Waals surface area contributed by atoms with E-state index in [1.54, 1.807) is 48.5 Å². The third-order valence-corrected chi connectivity index (χ3v) is 7.88. The summed E-state index contributed by atoms with van der Waals surface area (Å²) in [7, 11) is -2.65. The van der Waals surface area contributed by atoms with Gasteiger partial charge in [-0.2, -0.15) is 0 Å². The van der Waals surface area contributed by atoms with Gasteiger partial charge in [0.2, 0.25) is 0 Å². The van der Waals surface area contributed by atoms with Crippen LogP contribution in [-0.2, 0) is 4.57 Å². The van der Waals surface area contributed by atoms with Crippen LogP contribution in [-0.4, -0.2) is 5.07 Å². The highest BCUT2D eigenvalue weighted by atomic mass is 79.9. The summed E-state index contributed by atoms with van der Waals surface area (Å²) in [6, 6.07) is 14.2. The van der Waals surface area contributed by atoms with E-state index in [1.165, 1.54) is 0 Å². The Morgan fingerprint density at radius 3 is 1.44 bits per heavy atom. The predicted octanol–water partition coefficient (Wildman–Crippen LogP) is 4.66.